The van der Waals surface area contributed by atoms with Crippen LogP contribution in [0.5, 0.6) is 11.5 Å². The number of rotatable bonds is 10. The third-order valence-corrected chi connectivity index (χ3v) is 9.46. The van der Waals surface area contributed by atoms with Gasteiger partial charge in [0.2, 0.25) is 5.56 Å². The number of fused-ring (bicyclic) bond motifs is 1. The molecule has 2 atom stereocenters. The molecule has 1 aromatic heterocycles. The predicted molar refractivity (Wildman–Crippen MR) is 150 cm³/mol. The van der Waals surface area contributed by atoms with Gasteiger partial charge in [0.15, 0.2) is 0 Å². The Kier molecular flexibility index (Phi) is 6.95. The molecule has 7 rings (SSSR count). The van der Waals surface area contributed by atoms with E-state index in [0.717, 1.165) is 36.5 Å². The Morgan fingerprint density at radius 2 is 1.68 bits per heavy atom. The normalized spacial score (nSPS) is 27.5. The summed E-state index contributed by atoms with van der Waals surface area (Å²) in [5.41, 5.74) is 2.52. The van der Waals surface area contributed by atoms with E-state index in [1.54, 1.807) is 12.1 Å². The number of nitrogens with one attached hydrogen (secondary N) is 2. The highest BCUT2D eigenvalue weighted by molar-refractivity contribution is 5.87. The van der Waals surface area contributed by atoms with Crippen LogP contribution in [0, 0.1) is 23.2 Å². The van der Waals surface area contributed by atoms with Crippen molar-refractivity contribution in [1.82, 2.24) is 10.3 Å². The predicted octanol–water partition coefficient (Wildman–Crippen LogP) is 5.47. The summed E-state index contributed by atoms with van der Waals surface area (Å²) >= 11 is 0. The molecule has 3 aromatic rings. The molecular weight excluding hydrogens is 476 g/mol. The molecule has 1 heterocycles. The van der Waals surface area contributed by atoms with Crippen LogP contribution in [-0.4, -0.2) is 34.4 Å². The van der Waals surface area contributed by atoms with Crippen molar-refractivity contribution in [2.24, 2.45) is 23.2 Å². The minimum absolute atomic E-state index is 0.00449. The molecule has 0 saturated heterocycles. The lowest BCUT2D eigenvalue weighted by atomic mass is 9.49. The first-order valence-corrected chi connectivity index (χ1v) is 14.3. The molecule has 1 unspecified atom stereocenters. The van der Waals surface area contributed by atoms with Gasteiger partial charge in [0, 0.05) is 24.0 Å². The van der Waals surface area contributed by atoms with Gasteiger partial charge in [0.05, 0.1) is 18.2 Å². The fourth-order valence-corrected chi connectivity index (χ4v) is 8.10. The summed E-state index contributed by atoms with van der Waals surface area (Å²) in [6.07, 6.45) is 10.0. The van der Waals surface area contributed by atoms with Gasteiger partial charge < -0.3 is 25.3 Å². The number of phenolic OH excluding ortho intramolecular Hbond substituents is 1. The van der Waals surface area contributed by atoms with E-state index in [-0.39, 0.29) is 17.4 Å². The standard InChI is InChI=1S/C32H40N2O4/c1-20(33-19-29(36)26-6-8-28(35)31-27(26)7-9-30(37)34-31)12-21-2-4-25(5-3-21)38-11-10-32-16-22-13-23(17-32)15-24(14-22)18-32/h2-9,20,22-24,29,33,35-36H,10-19H2,1H3,(H,34,37)/t20-,22?,23?,24?,29?,32?/m1/s1. The number of aromatic hydroxyl groups is 1. The second-order valence-electron chi connectivity index (χ2n) is 12.5. The monoisotopic (exact) mass is 516 g/mol. The first-order chi connectivity index (χ1) is 18.4. The van der Waals surface area contributed by atoms with Crippen LogP contribution >= 0.6 is 0 Å². The zero-order valence-corrected chi connectivity index (χ0v) is 22.3. The second-order valence-corrected chi connectivity index (χ2v) is 12.5. The Hall–Kier alpha value is -2.83. The summed E-state index contributed by atoms with van der Waals surface area (Å²) in [4.78, 5) is 14.3. The minimum Gasteiger partial charge on any atom is -0.506 e. The van der Waals surface area contributed by atoms with Crippen molar-refractivity contribution in [3.8, 4) is 11.5 Å². The van der Waals surface area contributed by atoms with E-state index >= 15 is 0 Å². The van der Waals surface area contributed by atoms with Crippen molar-refractivity contribution in [3.63, 3.8) is 0 Å². The fourth-order valence-electron chi connectivity index (χ4n) is 8.10. The molecule has 4 aliphatic rings. The van der Waals surface area contributed by atoms with Crippen molar-refractivity contribution >= 4 is 10.9 Å². The van der Waals surface area contributed by atoms with Crippen molar-refractivity contribution in [1.29, 1.82) is 0 Å². The number of phenols is 1. The molecule has 0 aliphatic heterocycles. The molecular formula is C32H40N2O4. The van der Waals surface area contributed by atoms with Crippen molar-refractivity contribution < 1.29 is 14.9 Å². The lowest BCUT2D eigenvalue weighted by Crippen LogP contribution is -2.46. The first-order valence-electron chi connectivity index (χ1n) is 14.3. The molecule has 38 heavy (non-hydrogen) atoms. The molecule has 4 bridgehead atoms. The molecule has 0 amide bonds. The highest BCUT2D eigenvalue weighted by Crippen LogP contribution is 2.61. The van der Waals surface area contributed by atoms with Gasteiger partial charge in [-0.25, -0.2) is 0 Å². The van der Waals surface area contributed by atoms with Gasteiger partial charge in [-0.3, -0.25) is 4.79 Å². The minimum atomic E-state index is -0.767. The van der Waals surface area contributed by atoms with Gasteiger partial charge in [0.1, 0.15) is 11.5 Å². The van der Waals surface area contributed by atoms with E-state index in [4.69, 9.17) is 4.74 Å². The number of ether oxygens (including phenoxy) is 1. The molecule has 0 radical (unpaired) electrons. The SMILES string of the molecule is C[C@H](Cc1ccc(OCCC23CC4CC(CC(C4)C2)C3)cc1)NCC(O)c1ccc(O)c2[nH]c(=O)ccc12. The van der Waals surface area contributed by atoms with E-state index in [1.165, 1.54) is 62.6 Å². The average Bonchev–Trinajstić information content (AvgIpc) is 2.88. The van der Waals surface area contributed by atoms with Gasteiger partial charge in [-0.15, -0.1) is 0 Å². The number of hydrogen-bond acceptors (Lipinski definition) is 5. The Morgan fingerprint density at radius 3 is 2.37 bits per heavy atom. The summed E-state index contributed by atoms with van der Waals surface area (Å²) in [5, 5.41) is 25.0. The van der Waals surface area contributed by atoms with Crippen LogP contribution in [0.1, 0.15) is 69.1 Å². The lowest BCUT2D eigenvalue weighted by Gasteiger charge is -2.57. The molecule has 4 aliphatic carbocycles. The third-order valence-electron chi connectivity index (χ3n) is 9.46. The van der Waals surface area contributed by atoms with Crippen LogP contribution in [-0.2, 0) is 6.42 Å². The molecule has 4 fully saturated rings. The maximum absolute atomic E-state index is 11.6. The number of aromatic amines is 1. The summed E-state index contributed by atoms with van der Waals surface area (Å²) in [6, 6.07) is 14.9. The van der Waals surface area contributed by atoms with E-state index in [2.05, 4.69) is 41.5 Å². The number of pyridine rings is 1. The summed E-state index contributed by atoms with van der Waals surface area (Å²) in [6.45, 7) is 3.29. The van der Waals surface area contributed by atoms with Gasteiger partial charge in [0.25, 0.3) is 0 Å². The summed E-state index contributed by atoms with van der Waals surface area (Å²) in [5.74, 6) is 3.91. The van der Waals surface area contributed by atoms with E-state index in [0.29, 0.717) is 28.4 Å². The quantitative estimate of drug-likeness (QED) is 0.287. The van der Waals surface area contributed by atoms with Crippen molar-refractivity contribution in [2.45, 2.75) is 70.4 Å². The smallest absolute Gasteiger partial charge is 0.248 e. The number of aromatic nitrogens is 1. The summed E-state index contributed by atoms with van der Waals surface area (Å²) < 4.78 is 6.20. The number of hydrogen-bond donors (Lipinski definition) is 4. The van der Waals surface area contributed by atoms with Gasteiger partial charge in [-0.1, -0.05) is 18.2 Å². The summed E-state index contributed by atoms with van der Waals surface area (Å²) in [7, 11) is 0. The zero-order chi connectivity index (χ0) is 26.3. The Morgan fingerprint density at radius 1 is 1.00 bits per heavy atom. The van der Waals surface area contributed by atoms with Crippen LogP contribution < -0.4 is 15.6 Å². The van der Waals surface area contributed by atoms with Crippen molar-refractivity contribution in [2.75, 3.05) is 13.2 Å². The molecule has 6 heteroatoms. The van der Waals surface area contributed by atoms with Crippen LogP contribution in [0.25, 0.3) is 10.9 Å². The zero-order valence-electron chi connectivity index (χ0n) is 22.3. The molecule has 202 valence electrons. The Balaban J connectivity index is 0.979. The molecule has 6 nitrogen and oxygen atoms in total. The Labute approximate surface area is 224 Å². The molecule has 4 N–H and O–H groups in total. The van der Waals surface area contributed by atoms with Crippen LogP contribution in [0.4, 0.5) is 0 Å². The second kappa shape index (κ2) is 10.4. The Bertz CT molecular complexity index is 1300. The van der Waals surface area contributed by atoms with Crippen LogP contribution in [0.3, 0.4) is 0 Å². The number of H-pyrrole nitrogens is 1. The number of aliphatic hydroxyl groups is 1. The molecule has 2 aromatic carbocycles. The molecule has 0 spiro atoms. The number of benzene rings is 2. The van der Waals surface area contributed by atoms with Crippen LogP contribution in [0.2, 0.25) is 0 Å². The van der Waals surface area contributed by atoms with Gasteiger partial charge in [-0.05, 0) is 117 Å². The third kappa shape index (κ3) is 5.34. The molecule has 4 saturated carbocycles. The average molecular weight is 517 g/mol. The van der Waals surface area contributed by atoms with Gasteiger partial charge >= 0.3 is 0 Å². The van der Waals surface area contributed by atoms with Gasteiger partial charge in [-0.2, -0.15) is 0 Å². The highest BCUT2D eigenvalue weighted by Gasteiger charge is 2.50. The van der Waals surface area contributed by atoms with E-state index < -0.39 is 6.10 Å². The van der Waals surface area contributed by atoms with E-state index in [1.807, 2.05) is 0 Å². The van der Waals surface area contributed by atoms with Crippen LogP contribution in [0.15, 0.2) is 53.3 Å². The van der Waals surface area contributed by atoms with E-state index in [9.17, 15) is 15.0 Å². The maximum Gasteiger partial charge on any atom is 0.248 e. The largest absolute Gasteiger partial charge is 0.506 e. The van der Waals surface area contributed by atoms with Crippen molar-refractivity contribution in [3.05, 3.63) is 70.0 Å². The highest BCUT2D eigenvalue weighted by atomic mass is 16.5. The fraction of sp³-hybridized carbons (Fsp3) is 0.531. The first kappa shape index (κ1) is 25.4. The number of aliphatic hydroxyl groups excluding tert-OH is 1. The maximum atomic E-state index is 11.6. The lowest BCUT2D eigenvalue weighted by molar-refractivity contribution is -0.0622. The topological polar surface area (TPSA) is 94.6 Å².